The number of hydrogen-bond donors (Lipinski definition) is 1. The van der Waals surface area contributed by atoms with Gasteiger partial charge in [0.2, 0.25) is 0 Å². The summed E-state index contributed by atoms with van der Waals surface area (Å²) in [6.07, 6.45) is -3.28. The number of hydrogen-bond acceptors (Lipinski definition) is 2. The third kappa shape index (κ3) is 3.12. The van der Waals surface area contributed by atoms with Crippen LogP contribution >= 0.6 is 0 Å². The van der Waals surface area contributed by atoms with Crippen LogP contribution in [0.3, 0.4) is 0 Å². The summed E-state index contributed by atoms with van der Waals surface area (Å²) in [4.78, 5) is 13.2. The van der Waals surface area contributed by atoms with E-state index >= 15 is 0 Å². The molecule has 0 radical (unpaired) electrons. The van der Waals surface area contributed by atoms with Gasteiger partial charge >= 0.3 is 6.18 Å². The van der Waals surface area contributed by atoms with Crippen LogP contribution < -0.4 is 5.73 Å². The molecule has 1 aliphatic heterocycles. The normalized spacial score (nSPS) is 20.0. The summed E-state index contributed by atoms with van der Waals surface area (Å²) in [5.41, 5.74) is 6.57. The Bertz CT molecular complexity index is 470. The van der Waals surface area contributed by atoms with Crippen molar-refractivity contribution >= 4 is 5.91 Å². The molecule has 1 unspecified atom stereocenters. The van der Waals surface area contributed by atoms with E-state index in [1.165, 1.54) is 12.1 Å². The summed E-state index contributed by atoms with van der Waals surface area (Å²) < 4.78 is 38.9. The second kappa shape index (κ2) is 5.83. The Morgan fingerprint density at radius 3 is 2.45 bits per heavy atom. The van der Waals surface area contributed by atoms with Crippen LogP contribution in [0.5, 0.6) is 0 Å². The summed E-state index contributed by atoms with van der Waals surface area (Å²) in [6, 6.07) is 4.73. The number of rotatable bonds is 2. The van der Waals surface area contributed by atoms with Gasteiger partial charge in [0.25, 0.3) is 5.91 Å². The molecule has 2 rings (SSSR count). The van der Waals surface area contributed by atoms with Crippen LogP contribution in [0.2, 0.25) is 0 Å². The molecule has 0 aliphatic carbocycles. The highest BCUT2D eigenvalue weighted by Crippen LogP contribution is 2.32. The monoisotopic (exact) mass is 286 g/mol. The summed E-state index contributed by atoms with van der Waals surface area (Å²) in [7, 11) is 0. The third-order valence-electron chi connectivity index (χ3n) is 3.58. The zero-order valence-electron chi connectivity index (χ0n) is 11.0. The second-order valence-corrected chi connectivity index (χ2v) is 4.95. The van der Waals surface area contributed by atoms with E-state index in [0.717, 1.165) is 10.5 Å². The molecule has 1 fully saturated rings. The van der Waals surface area contributed by atoms with Crippen molar-refractivity contribution in [1.29, 1.82) is 0 Å². The largest absolute Gasteiger partial charge is 0.408 e. The number of amides is 1. The number of alkyl halides is 3. The standard InChI is InChI=1S/C14H17F3N2O/c15-14(16,17)12-3-1-2-8-19(12)13(20)11-6-4-10(9-18)5-7-11/h4-7,12H,1-3,8-9,18H2. The summed E-state index contributed by atoms with van der Waals surface area (Å²) in [5.74, 6) is -0.560. The maximum absolute atomic E-state index is 13.0. The van der Waals surface area contributed by atoms with Gasteiger partial charge in [0.05, 0.1) is 0 Å². The van der Waals surface area contributed by atoms with E-state index in [4.69, 9.17) is 5.73 Å². The van der Waals surface area contributed by atoms with Crippen molar-refractivity contribution in [1.82, 2.24) is 4.90 Å². The highest BCUT2D eigenvalue weighted by molar-refractivity contribution is 5.94. The minimum atomic E-state index is -4.37. The molecule has 0 spiro atoms. The van der Waals surface area contributed by atoms with Gasteiger partial charge in [0.1, 0.15) is 6.04 Å². The predicted molar refractivity (Wildman–Crippen MR) is 69.1 cm³/mol. The van der Waals surface area contributed by atoms with Gasteiger partial charge in [-0.1, -0.05) is 12.1 Å². The van der Waals surface area contributed by atoms with Crippen LogP contribution in [0.1, 0.15) is 35.2 Å². The topological polar surface area (TPSA) is 46.3 Å². The molecule has 0 bridgehead atoms. The minimum Gasteiger partial charge on any atom is -0.327 e. The fraction of sp³-hybridized carbons (Fsp3) is 0.500. The molecule has 1 atom stereocenters. The van der Waals surface area contributed by atoms with E-state index in [1.54, 1.807) is 12.1 Å². The SMILES string of the molecule is NCc1ccc(C(=O)N2CCCCC2C(F)(F)F)cc1. The summed E-state index contributed by atoms with van der Waals surface area (Å²) in [6.45, 7) is 0.491. The molecule has 1 heterocycles. The fourth-order valence-electron chi connectivity index (χ4n) is 2.46. The van der Waals surface area contributed by atoms with Gasteiger partial charge in [-0.2, -0.15) is 13.2 Å². The highest BCUT2D eigenvalue weighted by atomic mass is 19.4. The van der Waals surface area contributed by atoms with Gasteiger partial charge in [-0.25, -0.2) is 0 Å². The Labute approximate surface area is 115 Å². The molecule has 1 saturated heterocycles. The van der Waals surface area contributed by atoms with Crippen molar-refractivity contribution in [3.63, 3.8) is 0 Å². The molecule has 0 aromatic heterocycles. The number of piperidine rings is 1. The highest BCUT2D eigenvalue weighted by Gasteiger charge is 2.46. The van der Waals surface area contributed by atoms with Gasteiger partial charge in [0.15, 0.2) is 0 Å². The first-order chi connectivity index (χ1) is 9.43. The Balaban J connectivity index is 2.20. The van der Waals surface area contributed by atoms with Crippen LogP contribution in [0.25, 0.3) is 0 Å². The first-order valence-electron chi connectivity index (χ1n) is 6.60. The van der Waals surface area contributed by atoms with Gasteiger partial charge in [-0.15, -0.1) is 0 Å². The number of nitrogens with two attached hydrogens (primary N) is 1. The molecular weight excluding hydrogens is 269 g/mol. The lowest BCUT2D eigenvalue weighted by Gasteiger charge is -2.36. The quantitative estimate of drug-likeness (QED) is 0.908. The molecule has 3 nitrogen and oxygen atoms in total. The van der Waals surface area contributed by atoms with Crippen molar-refractivity contribution in [2.24, 2.45) is 5.73 Å². The van der Waals surface area contributed by atoms with E-state index in [1.807, 2.05) is 0 Å². The first-order valence-corrected chi connectivity index (χ1v) is 6.60. The number of benzene rings is 1. The number of likely N-dealkylation sites (tertiary alicyclic amines) is 1. The lowest BCUT2D eigenvalue weighted by Crippen LogP contribution is -2.51. The zero-order chi connectivity index (χ0) is 14.8. The first kappa shape index (κ1) is 14.8. The third-order valence-corrected chi connectivity index (χ3v) is 3.58. The molecule has 110 valence electrons. The van der Waals surface area contributed by atoms with Crippen molar-refractivity contribution in [2.75, 3.05) is 6.54 Å². The van der Waals surface area contributed by atoms with Crippen molar-refractivity contribution in [3.8, 4) is 0 Å². The average molecular weight is 286 g/mol. The van der Waals surface area contributed by atoms with Crippen molar-refractivity contribution in [2.45, 2.75) is 38.0 Å². The Morgan fingerprint density at radius 2 is 1.90 bits per heavy atom. The maximum atomic E-state index is 13.0. The van der Waals surface area contributed by atoms with Gasteiger partial charge in [-0.05, 0) is 37.0 Å². The molecule has 1 amide bonds. The van der Waals surface area contributed by atoms with E-state index in [9.17, 15) is 18.0 Å². The number of carbonyl (C=O) groups is 1. The molecule has 20 heavy (non-hydrogen) atoms. The van der Waals surface area contributed by atoms with Crippen LogP contribution in [0.15, 0.2) is 24.3 Å². The van der Waals surface area contributed by atoms with Gasteiger partial charge in [-0.3, -0.25) is 4.79 Å². The van der Waals surface area contributed by atoms with E-state index < -0.39 is 18.1 Å². The number of nitrogens with zero attached hydrogens (tertiary/aromatic N) is 1. The molecule has 2 N–H and O–H groups in total. The molecule has 1 aromatic carbocycles. The minimum absolute atomic E-state index is 0.0177. The zero-order valence-corrected chi connectivity index (χ0v) is 11.0. The fourth-order valence-corrected chi connectivity index (χ4v) is 2.46. The molecule has 6 heteroatoms. The number of halogens is 3. The maximum Gasteiger partial charge on any atom is 0.408 e. The van der Waals surface area contributed by atoms with Crippen LogP contribution in [-0.2, 0) is 6.54 Å². The van der Waals surface area contributed by atoms with Crippen molar-refractivity contribution < 1.29 is 18.0 Å². The van der Waals surface area contributed by atoms with Crippen molar-refractivity contribution in [3.05, 3.63) is 35.4 Å². The van der Waals surface area contributed by atoms with E-state index in [2.05, 4.69) is 0 Å². The Morgan fingerprint density at radius 1 is 1.25 bits per heavy atom. The molecule has 0 saturated carbocycles. The Hall–Kier alpha value is -1.56. The van der Waals surface area contributed by atoms with Crippen LogP contribution in [0, 0.1) is 0 Å². The van der Waals surface area contributed by atoms with Gasteiger partial charge < -0.3 is 10.6 Å². The Kier molecular flexibility index (Phi) is 4.32. The summed E-state index contributed by atoms with van der Waals surface area (Å²) >= 11 is 0. The van der Waals surface area contributed by atoms with Crippen LogP contribution in [-0.4, -0.2) is 29.6 Å². The second-order valence-electron chi connectivity index (χ2n) is 4.95. The van der Waals surface area contributed by atoms with Crippen LogP contribution in [0.4, 0.5) is 13.2 Å². The van der Waals surface area contributed by atoms with E-state index in [-0.39, 0.29) is 18.5 Å². The lowest BCUT2D eigenvalue weighted by molar-refractivity contribution is -0.183. The van der Waals surface area contributed by atoms with E-state index in [0.29, 0.717) is 19.4 Å². The smallest absolute Gasteiger partial charge is 0.327 e. The molecular formula is C14H17F3N2O. The summed E-state index contributed by atoms with van der Waals surface area (Å²) in [5, 5.41) is 0. The predicted octanol–water partition coefficient (Wildman–Crippen LogP) is 2.70. The molecule has 1 aliphatic rings. The molecule has 1 aromatic rings. The lowest BCUT2D eigenvalue weighted by atomic mass is 10.00. The van der Waals surface area contributed by atoms with Gasteiger partial charge in [0, 0.05) is 18.7 Å². The average Bonchev–Trinajstić information content (AvgIpc) is 2.46. The number of carbonyl (C=O) groups excluding carboxylic acids is 1.